The molecule has 0 amide bonds. The molecule has 0 spiro atoms. The van der Waals surface area contributed by atoms with Crippen LogP contribution in [-0.2, 0) is 13.1 Å². The molecule has 3 nitrogen and oxygen atoms in total. The fraction of sp³-hybridized carbons (Fsp3) is 0.250. The van der Waals surface area contributed by atoms with Gasteiger partial charge in [-0.25, -0.2) is 22.0 Å². The lowest BCUT2D eigenvalue weighted by atomic mass is 10.2. The third-order valence-corrected chi connectivity index (χ3v) is 2.69. The molecule has 1 heterocycles. The molecule has 1 aromatic heterocycles. The minimum Gasteiger partial charge on any atom is -0.376 e. The summed E-state index contributed by atoms with van der Waals surface area (Å²) < 4.78 is 67.1. The SMILES string of the molecule is CCn1cc(CNc2c(F)c(F)c(F)c(F)c2F)cn1. The van der Waals surface area contributed by atoms with Crippen LogP contribution in [0.4, 0.5) is 27.6 Å². The Kier molecular flexibility index (Phi) is 3.91. The van der Waals surface area contributed by atoms with Crippen molar-refractivity contribution in [3.63, 3.8) is 0 Å². The topological polar surface area (TPSA) is 29.9 Å². The van der Waals surface area contributed by atoms with Crippen LogP contribution >= 0.6 is 0 Å². The van der Waals surface area contributed by atoms with E-state index in [4.69, 9.17) is 0 Å². The van der Waals surface area contributed by atoms with Crippen LogP contribution in [-0.4, -0.2) is 9.78 Å². The van der Waals surface area contributed by atoms with Gasteiger partial charge in [0.25, 0.3) is 0 Å². The standard InChI is InChI=1S/C12H10F5N3/c1-2-20-5-6(4-19-20)3-18-12-10(16)8(14)7(13)9(15)11(12)17/h4-5,18H,2-3H2,1H3. The summed E-state index contributed by atoms with van der Waals surface area (Å²) in [6.07, 6.45) is 3.03. The zero-order chi connectivity index (χ0) is 14.9. The Morgan fingerprint density at radius 3 is 2.05 bits per heavy atom. The molecule has 0 aliphatic heterocycles. The number of nitrogens with one attached hydrogen (secondary N) is 1. The molecule has 0 aliphatic carbocycles. The summed E-state index contributed by atoms with van der Waals surface area (Å²) in [6.45, 7) is 2.33. The number of halogens is 5. The van der Waals surface area contributed by atoms with Gasteiger partial charge in [-0.05, 0) is 6.92 Å². The predicted molar refractivity (Wildman–Crippen MR) is 61.5 cm³/mol. The summed E-state index contributed by atoms with van der Waals surface area (Å²) in [5.74, 6) is -9.90. The summed E-state index contributed by atoms with van der Waals surface area (Å²) in [5.41, 5.74) is -0.499. The number of rotatable bonds is 4. The number of aromatic nitrogens is 2. The van der Waals surface area contributed by atoms with Gasteiger partial charge in [0.2, 0.25) is 5.82 Å². The third-order valence-electron chi connectivity index (χ3n) is 2.69. The van der Waals surface area contributed by atoms with Crippen LogP contribution < -0.4 is 5.32 Å². The Bertz CT molecular complexity index is 609. The van der Waals surface area contributed by atoms with Crippen molar-refractivity contribution in [3.05, 3.63) is 47.0 Å². The number of hydrogen-bond acceptors (Lipinski definition) is 2. The van der Waals surface area contributed by atoms with Gasteiger partial charge >= 0.3 is 0 Å². The quantitative estimate of drug-likeness (QED) is 0.532. The second-order valence-corrected chi connectivity index (χ2v) is 4.00. The van der Waals surface area contributed by atoms with E-state index in [9.17, 15) is 22.0 Å². The molecule has 0 radical (unpaired) electrons. The number of benzene rings is 1. The lowest BCUT2D eigenvalue weighted by Gasteiger charge is -2.09. The van der Waals surface area contributed by atoms with Gasteiger partial charge in [-0.15, -0.1) is 0 Å². The van der Waals surface area contributed by atoms with E-state index < -0.39 is 34.8 Å². The molecule has 0 atom stereocenters. The number of nitrogens with zero attached hydrogens (tertiary/aromatic N) is 2. The van der Waals surface area contributed by atoms with Crippen molar-refractivity contribution in [2.24, 2.45) is 0 Å². The monoisotopic (exact) mass is 291 g/mol. The van der Waals surface area contributed by atoms with Crippen LogP contribution in [0.2, 0.25) is 0 Å². The predicted octanol–water partition coefficient (Wildman–Crippen LogP) is 3.21. The molecule has 2 rings (SSSR count). The maximum atomic E-state index is 13.4. The molecule has 0 saturated carbocycles. The fourth-order valence-electron chi connectivity index (χ4n) is 1.62. The van der Waals surface area contributed by atoms with E-state index in [1.807, 2.05) is 6.92 Å². The maximum absolute atomic E-state index is 13.4. The maximum Gasteiger partial charge on any atom is 0.200 e. The second-order valence-electron chi connectivity index (χ2n) is 4.00. The van der Waals surface area contributed by atoms with Crippen molar-refractivity contribution in [2.75, 3.05) is 5.32 Å². The molecule has 0 saturated heterocycles. The van der Waals surface area contributed by atoms with E-state index in [1.165, 1.54) is 6.20 Å². The Balaban J connectivity index is 2.25. The molecule has 8 heteroatoms. The van der Waals surface area contributed by atoms with Crippen LogP contribution in [0.5, 0.6) is 0 Å². The zero-order valence-electron chi connectivity index (χ0n) is 10.4. The van der Waals surface area contributed by atoms with Crippen molar-refractivity contribution in [1.29, 1.82) is 0 Å². The zero-order valence-corrected chi connectivity index (χ0v) is 10.4. The highest BCUT2D eigenvalue weighted by molar-refractivity contribution is 5.48. The van der Waals surface area contributed by atoms with E-state index in [-0.39, 0.29) is 6.54 Å². The normalized spacial score (nSPS) is 10.9. The molecule has 0 bridgehead atoms. The van der Waals surface area contributed by atoms with Crippen molar-refractivity contribution in [3.8, 4) is 0 Å². The highest BCUT2D eigenvalue weighted by Gasteiger charge is 2.25. The minimum atomic E-state index is -2.18. The summed E-state index contributed by atoms with van der Waals surface area (Å²) >= 11 is 0. The first-order valence-corrected chi connectivity index (χ1v) is 5.72. The van der Waals surface area contributed by atoms with E-state index in [2.05, 4.69) is 10.4 Å². The lowest BCUT2D eigenvalue weighted by molar-refractivity contribution is 0.381. The van der Waals surface area contributed by atoms with Gasteiger partial charge in [0.1, 0.15) is 5.69 Å². The molecular weight excluding hydrogens is 281 g/mol. The van der Waals surface area contributed by atoms with Crippen molar-refractivity contribution >= 4 is 5.69 Å². The number of aryl methyl sites for hydroxylation is 1. The van der Waals surface area contributed by atoms with Crippen molar-refractivity contribution < 1.29 is 22.0 Å². The fourth-order valence-corrected chi connectivity index (χ4v) is 1.62. The van der Waals surface area contributed by atoms with Crippen LogP contribution in [0, 0.1) is 29.1 Å². The molecule has 0 fully saturated rings. The average Bonchev–Trinajstić information content (AvgIpc) is 2.91. The van der Waals surface area contributed by atoms with Gasteiger partial charge in [0, 0.05) is 24.8 Å². The van der Waals surface area contributed by atoms with Gasteiger partial charge in [-0.2, -0.15) is 5.10 Å². The van der Waals surface area contributed by atoms with Crippen molar-refractivity contribution in [1.82, 2.24) is 9.78 Å². The van der Waals surface area contributed by atoms with E-state index in [1.54, 1.807) is 10.9 Å². The second kappa shape index (κ2) is 5.48. The van der Waals surface area contributed by atoms with Crippen LogP contribution in [0.3, 0.4) is 0 Å². The molecule has 0 aliphatic rings. The van der Waals surface area contributed by atoms with Gasteiger partial charge in [0.05, 0.1) is 6.20 Å². The molecule has 108 valence electrons. The molecule has 2 aromatic rings. The highest BCUT2D eigenvalue weighted by atomic mass is 19.2. The number of hydrogen-bond donors (Lipinski definition) is 1. The molecule has 0 unspecified atom stereocenters. The van der Waals surface area contributed by atoms with E-state index in [0.717, 1.165) is 0 Å². The first kappa shape index (κ1) is 14.3. The first-order chi connectivity index (χ1) is 9.45. The van der Waals surface area contributed by atoms with Gasteiger partial charge < -0.3 is 5.32 Å². The molecule has 20 heavy (non-hydrogen) atoms. The Hall–Kier alpha value is -2.12. The molecule has 1 aromatic carbocycles. The highest BCUT2D eigenvalue weighted by Crippen LogP contribution is 2.27. The first-order valence-electron chi connectivity index (χ1n) is 5.72. The average molecular weight is 291 g/mol. The Morgan fingerprint density at radius 2 is 1.55 bits per heavy atom. The summed E-state index contributed by atoms with van der Waals surface area (Å²) in [7, 11) is 0. The van der Waals surface area contributed by atoms with Gasteiger partial charge in [-0.3, -0.25) is 4.68 Å². The third kappa shape index (κ3) is 2.45. The smallest absolute Gasteiger partial charge is 0.200 e. The number of anilines is 1. The van der Waals surface area contributed by atoms with Crippen LogP contribution in [0.15, 0.2) is 12.4 Å². The van der Waals surface area contributed by atoms with Crippen LogP contribution in [0.1, 0.15) is 12.5 Å². The van der Waals surface area contributed by atoms with Gasteiger partial charge in [0.15, 0.2) is 23.3 Å². The van der Waals surface area contributed by atoms with Crippen LogP contribution in [0.25, 0.3) is 0 Å². The Morgan fingerprint density at radius 1 is 1.00 bits per heavy atom. The van der Waals surface area contributed by atoms with Gasteiger partial charge in [-0.1, -0.05) is 0 Å². The lowest BCUT2D eigenvalue weighted by Crippen LogP contribution is -2.09. The van der Waals surface area contributed by atoms with E-state index >= 15 is 0 Å². The van der Waals surface area contributed by atoms with Crippen molar-refractivity contribution in [2.45, 2.75) is 20.0 Å². The van der Waals surface area contributed by atoms with E-state index in [0.29, 0.717) is 12.1 Å². The summed E-state index contributed by atoms with van der Waals surface area (Å²) in [4.78, 5) is 0. The minimum absolute atomic E-state index is 0.113. The Labute approximate surface area is 111 Å². The summed E-state index contributed by atoms with van der Waals surface area (Å²) in [6, 6.07) is 0. The largest absolute Gasteiger partial charge is 0.376 e. The molecular formula is C12H10F5N3. The molecule has 1 N–H and O–H groups in total. The summed E-state index contributed by atoms with van der Waals surface area (Å²) in [5, 5.41) is 6.12.